The molecule has 4 N–H and O–H groups in total. The van der Waals surface area contributed by atoms with Crippen molar-refractivity contribution in [1.29, 1.82) is 0 Å². The maximum atomic E-state index is 12.7. The van der Waals surface area contributed by atoms with E-state index in [1.54, 1.807) is 6.92 Å². The average molecular weight is 382 g/mol. The highest BCUT2D eigenvalue weighted by Gasteiger charge is 3.04. The molecule has 0 aromatic heterocycles. The Kier molecular flexibility index (Phi) is 3.03. The van der Waals surface area contributed by atoms with Crippen LogP contribution in [0.5, 0.6) is 0 Å². The van der Waals surface area contributed by atoms with Gasteiger partial charge in [0.15, 0.2) is 11.1 Å². The lowest BCUT2D eigenvalue weighted by molar-refractivity contribution is -0.218. The number of epoxide rings is 1. The standard InChI is InChI=1S/C19H27O6P/c1-8(2)12-10(4)17(23)18(24,14(12)22)16-7-11(20)26-19(17)13(21)9(3)5-6-15(16,19)25-16/h8-9,13-14,21-24,26H,5-7H2,1-4H3. The first-order chi connectivity index (χ1) is 12.0. The Hall–Kier alpha value is -0.360. The zero-order valence-electron chi connectivity index (χ0n) is 15.5. The molecule has 2 bridgehead atoms. The molecule has 0 radical (unpaired) electrons. The minimum Gasteiger partial charge on any atom is -0.392 e. The van der Waals surface area contributed by atoms with Crippen molar-refractivity contribution >= 4 is 14.1 Å². The van der Waals surface area contributed by atoms with Gasteiger partial charge in [-0.3, -0.25) is 4.79 Å². The summed E-state index contributed by atoms with van der Waals surface area (Å²) in [5.74, 6) is -0.206. The number of carbonyl (C=O) groups excluding carboxylic acids is 1. The summed E-state index contributed by atoms with van der Waals surface area (Å²) in [7, 11) is -0.355. The van der Waals surface area contributed by atoms with E-state index < -0.39 is 39.8 Å². The van der Waals surface area contributed by atoms with Gasteiger partial charge in [-0.1, -0.05) is 20.8 Å². The van der Waals surface area contributed by atoms with Gasteiger partial charge in [0.2, 0.25) is 0 Å². The summed E-state index contributed by atoms with van der Waals surface area (Å²) in [5, 5.41) is 45.3. The highest BCUT2D eigenvalue weighted by atomic mass is 31.1. The fraction of sp³-hybridized carbons (Fsp3) is 0.842. The predicted molar refractivity (Wildman–Crippen MR) is 95.1 cm³/mol. The van der Waals surface area contributed by atoms with Gasteiger partial charge in [-0.2, -0.15) is 0 Å². The van der Waals surface area contributed by atoms with E-state index in [0.717, 1.165) is 0 Å². The number of ether oxygens (including phenoxy) is 1. The molecule has 0 amide bonds. The van der Waals surface area contributed by atoms with Crippen LogP contribution in [0.25, 0.3) is 0 Å². The molecule has 5 rings (SSSR count). The van der Waals surface area contributed by atoms with Crippen molar-refractivity contribution in [1.82, 2.24) is 0 Å². The minimum absolute atomic E-state index is 0.0111. The summed E-state index contributed by atoms with van der Waals surface area (Å²) in [6.07, 6.45) is -1.03. The number of hydrogen-bond donors (Lipinski definition) is 4. The van der Waals surface area contributed by atoms with E-state index in [4.69, 9.17) is 4.74 Å². The van der Waals surface area contributed by atoms with Crippen LogP contribution in [0.4, 0.5) is 0 Å². The second-order valence-corrected chi connectivity index (χ2v) is 11.0. The van der Waals surface area contributed by atoms with E-state index in [-0.39, 0.29) is 32.4 Å². The van der Waals surface area contributed by atoms with E-state index in [1.165, 1.54) is 0 Å². The molecule has 9 atom stereocenters. The minimum atomic E-state index is -2.01. The molecule has 6 nitrogen and oxygen atoms in total. The van der Waals surface area contributed by atoms with Crippen molar-refractivity contribution in [3.63, 3.8) is 0 Å². The molecule has 1 spiro atoms. The molecule has 144 valence electrons. The average Bonchev–Trinajstić information content (AvgIpc) is 3.18. The Morgan fingerprint density at radius 2 is 1.88 bits per heavy atom. The lowest BCUT2D eigenvalue weighted by atomic mass is 9.65. The fourth-order valence-corrected chi connectivity index (χ4v) is 9.67. The Labute approximate surface area is 154 Å². The first-order valence-electron chi connectivity index (χ1n) is 9.51. The van der Waals surface area contributed by atoms with Crippen LogP contribution in [0.2, 0.25) is 0 Å². The summed E-state index contributed by atoms with van der Waals surface area (Å²) in [5.41, 5.74) is -5.12. The Balaban J connectivity index is 1.88. The van der Waals surface area contributed by atoms with E-state index in [2.05, 4.69) is 0 Å². The summed E-state index contributed by atoms with van der Waals surface area (Å²) in [4.78, 5) is 12.7. The molecule has 2 aliphatic heterocycles. The number of hydrogen-bond acceptors (Lipinski definition) is 6. The van der Waals surface area contributed by atoms with E-state index in [9.17, 15) is 25.2 Å². The van der Waals surface area contributed by atoms with Crippen molar-refractivity contribution < 1.29 is 30.0 Å². The quantitative estimate of drug-likeness (QED) is 0.298. The molecule has 5 aliphatic rings. The van der Waals surface area contributed by atoms with Gasteiger partial charge in [-0.25, -0.2) is 0 Å². The highest BCUT2D eigenvalue weighted by Crippen LogP contribution is 2.87. The third-order valence-electron chi connectivity index (χ3n) is 8.30. The zero-order chi connectivity index (χ0) is 19.1. The fourth-order valence-electron chi connectivity index (χ4n) is 7.32. The first-order valence-corrected chi connectivity index (χ1v) is 10.5. The summed E-state index contributed by atoms with van der Waals surface area (Å²) in [6, 6.07) is 0. The Morgan fingerprint density at radius 3 is 2.50 bits per heavy atom. The third kappa shape index (κ3) is 1.25. The van der Waals surface area contributed by atoms with Gasteiger partial charge in [-0.15, -0.1) is 0 Å². The molecule has 9 unspecified atom stereocenters. The molecule has 26 heavy (non-hydrogen) atoms. The summed E-state index contributed by atoms with van der Waals surface area (Å²) < 4.78 is 6.19. The number of aliphatic hydroxyl groups excluding tert-OH is 2. The number of carbonyl (C=O) groups is 1. The molecule has 2 heterocycles. The normalized spacial score (nSPS) is 61.1. The maximum Gasteiger partial charge on any atom is 0.160 e. The maximum absolute atomic E-state index is 12.7. The molecular formula is C19H27O6P. The van der Waals surface area contributed by atoms with Crippen molar-refractivity contribution in [2.75, 3.05) is 0 Å². The lowest BCUT2D eigenvalue weighted by Crippen LogP contribution is -2.72. The Morgan fingerprint density at radius 1 is 1.23 bits per heavy atom. The van der Waals surface area contributed by atoms with Crippen LogP contribution < -0.4 is 0 Å². The van der Waals surface area contributed by atoms with E-state index >= 15 is 0 Å². The lowest BCUT2D eigenvalue weighted by Gasteiger charge is -2.55. The summed E-state index contributed by atoms with van der Waals surface area (Å²) in [6.45, 7) is 7.47. The molecule has 2 saturated carbocycles. The van der Waals surface area contributed by atoms with Gasteiger partial charge in [-0.05, 0) is 51.3 Å². The molecule has 3 aliphatic carbocycles. The largest absolute Gasteiger partial charge is 0.392 e. The van der Waals surface area contributed by atoms with Crippen LogP contribution in [0.1, 0.15) is 47.0 Å². The van der Waals surface area contributed by atoms with Crippen molar-refractivity contribution in [3.8, 4) is 0 Å². The van der Waals surface area contributed by atoms with Gasteiger partial charge >= 0.3 is 0 Å². The van der Waals surface area contributed by atoms with Gasteiger partial charge in [0, 0.05) is 6.42 Å². The van der Waals surface area contributed by atoms with Gasteiger partial charge in [0.25, 0.3) is 0 Å². The van der Waals surface area contributed by atoms with Crippen LogP contribution in [0, 0.1) is 11.8 Å². The highest BCUT2D eigenvalue weighted by molar-refractivity contribution is 7.60. The van der Waals surface area contributed by atoms with Gasteiger partial charge < -0.3 is 25.2 Å². The molecule has 0 aromatic rings. The molecule has 4 fully saturated rings. The van der Waals surface area contributed by atoms with Crippen LogP contribution in [-0.4, -0.2) is 65.7 Å². The smallest absolute Gasteiger partial charge is 0.160 e. The molecular weight excluding hydrogens is 355 g/mol. The monoisotopic (exact) mass is 382 g/mol. The van der Waals surface area contributed by atoms with Crippen molar-refractivity contribution in [3.05, 3.63) is 11.1 Å². The predicted octanol–water partition coefficient (Wildman–Crippen LogP) is 0.455. The van der Waals surface area contributed by atoms with Crippen molar-refractivity contribution in [2.24, 2.45) is 11.8 Å². The van der Waals surface area contributed by atoms with Crippen molar-refractivity contribution in [2.45, 2.75) is 86.7 Å². The van der Waals surface area contributed by atoms with Crippen LogP contribution in [0.15, 0.2) is 11.1 Å². The molecule has 0 aromatic carbocycles. The summed E-state index contributed by atoms with van der Waals surface area (Å²) >= 11 is 0. The second kappa shape index (κ2) is 4.45. The Bertz CT molecular complexity index is 780. The second-order valence-electron chi connectivity index (χ2n) is 9.36. The van der Waals surface area contributed by atoms with Crippen LogP contribution >= 0.6 is 8.58 Å². The SMILES string of the molecule is CC1=C(C(C)C)C(O)C2(O)C34CC(=O)PC5(C(O)C(C)CCC35O4)C12O. The molecule has 2 saturated heterocycles. The molecule has 7 heteroatoms. The van der Waals surface area contributed by atoms with E-state index in [0.29, 0.717) is 24.0 Å². The topological polar surface area (TPSA) is 111 Å². The zero-order valence-corrected chi connectivity index (χ0v) is 16.5. The van der Waals surface area contributed by atoms with Gasteiger partial charge in [0.1, 0.15) is 22.9 Å². The number of fused-ring (bicyclic) bond motifs is 1. The van der Waals surface area contributed by atoms with Gasteiger partial charge in [0.05, 0.1) is 11.3 Å². The van der Waals surface area contributed by atoms with E-state index in [1.807, 2.05) is 20.8 Å². The number of rotatable bonds is 1. The third-order valence-corrected chi connectivity index (χ3v) is 10.2. The first kappa shape index (κ1) is 17.7. The number of aliphatic hydroxyl groups is 4. The van der Waals surface area contributed by atoms with Crippen LogP contribution in [0.3, 0.4) is 0 Å². The van der Waals surface area contributed by atoms with Crippen LogP contribution in [-0.2, 0) is 9.53 Å².